The van der Waals surface area contributed by atoms with Gasteiger partial charge in [0.2, 0.25) is 0 Å². The van der Waals surface area contributed by atoms with E-state index < -0.39 is 5.97 Å². The molecular formula is C17H17FN2O3. The van der Waals surface area contributed by atoms with Crippen LogP contribution >= 0.6 is 0 Å². The first-order valence-corrected chi connectivity index (χ1v) is 6.88. The molecule has 0 atom stereocenters. The van der Waals surface area contributed by atoms with Crippen molar-refractivity contribution in [2.24, 2.45) is 0 Å². The van der Waals surface area contributed by atoms with Crippen LogP contribution in [0.2, 0.25) is 0 Å². The molecule has 6 heteroatoms. The minimum atomic E-state index is -0.722. The van der Waals surface area contributed by atoms with Crippen LogP contribution in [0.5, 0.6) is 5.75 Å². The zero-order valence-electron chi connectivity index (χ0n) is 12.9. The number of methoxy groups -OCH3 is 2. The lowest BCUT2D eigenvalue weighted by Crippen LogP contribution is -2.17. The van der Waals surface area contributed by atoms with Gasteiger partial charge < -0.3 is 14.8 Å². The summed E-state index contributed by atoms with van der Waals surface area (Å²) in [5.41, 5.74) is 1.57. The molecule has 0 radical (unpaired) electrons. The third kappa shape index (κ3) is 4.06. The Balaban J connectivity index is 2.25. The number of hydrogen-bond acceptors (Lipinski definition) is 5. The molecule has 0 aliphatic carbocycles. The number of rotatable bonds is 6. The first-order valence-electron chi connectivity index (χ1n) is 6.88. The van der Waals surface area contributed by atoms with Crippen LogP contribution in [0.25, 0.3) is 0 Å². The van der Waals surface area contributed by atoms with E-state index in [0.717, 1.165) is 5.56 Å². The highest BCUT2D eigenvalue weighted by Crippen LogP contribution is 2.24. The van der Waals surface area contributed by atoms with E-state index in [9.17, 15) is 9.18 Å². The number of esters is 1. The molecule has 5 nitrogen and oxygen atoms in total. The molecule has 0 amide bonds. The van der Waals surface area contributed by atoms with Crippen LogP contribution in [-0.4, -0.2) is 25.9 Å². The topological polar surface area (TPSA) is 71.4 Å². The molecule has 0 bridgehead atoms. The lowest BCUT2D eigenvalue weighted by molar-refractivity contribution is -0.132. The van der Waals surface area contributed by atoms with E-state index in [1.54, 1.807) is 30.3 Å². The van der Waals surface area contributed by atoms with Gasteiger partial charge in [0, 0.05) is 23.9 Å². The van der Waals surface area contributed by atoms with Crippen molar-refractivity contribution in [3.63, 3.8) is 0 Å². The van der Waals surface area contributed by atoms with E-state index in [1.165, 1.54) is 26.4 Å². The quantitative estimate of drug-likeness (QED) is 0.635. The predicted octanol–water partition coefficient (Wildman–Crippen LogP) is 2.99. The Morgan fingerprint density at radius 3 is 2.48 bits per heavy atom. The van der Waals surface area contributed by atoms with Crippen LogP contribution in [0.4, 0.5) is 10.1 Å². The summed E-state index contributed by atoms with van der Waals surface area (Å²) in [5.74, 6) is -0.434. The number of ether oxygens (including phenoxy) is 2. The molecule has 0 heterocycles. The Labute approximate surface area is 133 Å². The molecule has 0 saturated carbocycles. The molecule has 0 fully saturated rings. The minimum Gasteiger partial charge on any atom is -0.497 e. The van der Waals surface area contributed by atoms with Crippen molar-refractivity contribution in [1.29, 1.82) is 5.41 Å². The molecule has 0 saturated heterocycles. The summed E-state index contributed by atoms with van der Waals surface area (Å²) in [6, 6.07) is 11.0. The Morgan fingerprint density at radius 1 is 1.17 bits per heavy atom. The molecule has 0 unspecified atom stereocenters. The highest BCUT2D eigenvalue weighted by molar-refractivity contribution is 6.43. The maximum atomic E-state index is 12.9. The van der Waals surface area contributed by atoms with Gasteiger partial charge in [0.15, 0.2) is 0 Å². The lowest BCUT2D eigenvalue weighted by atomic mass is 10.1. The number of hydrogen-bond donors (Lipinski definition) is 2. The highest BCUT2D eigenvalue weighted by Gasteiger charge is 2.16. The molecule has 2 aromatic carbocycles. The van der Waals surface area contributed by atoms with Gasteiger partial charge in [0.1, 0.15) is 17.3 Å². The Morgan fingerprint density at radius 2 is 1.87 bits per heavy atom. The van der Waals surface area contributed by atoms with E-state index in [0.29, 0.717) is 23.5 Å². The summed E-state index contributed by atoms with van der Waals surface area (Å²) in [7, 11) is 2.76. The molecule has 0 spiro atoms. The van der Waals surface area contributed by atoms with Crippen molar-refractivity contribution in [1.82, 2.24) is 0 Å². The summed E-state index contributed by atoms with van der Waals surface area (Å²) in [4.78, 5) is 11.6. The van der Waals surface area contributed by atoms with Crippen molar-refractivity contribution in [3.05, 3.63) is 59.4 Å². The standard InChI is InChI=1S/C17H17FN2O3/c1-22-13-7-8-14(16(19)17(21)23-2)15(9-13)20-10-11-3-5-12(18)6-4-11/h3-9,19-20H,10H2,1-2H3. The number of benzene rings is 2. The van der Waals surface area contributed by atoms with E-state index in [2.05, 4.69) is 10.1 Å². The zero-order valence-corrected chi connectivity index (χ0v) is 12.9. The molecule has 2 N–H and O–H groups in total. The van der Waals surface area contributed by atoms with Gasteiger partial charge in [-0.25, -0.2) is 9.18 Å². The molecular weight excluding hydrogens is 299 g/mol. The summed E-state index contributed by atoms with van der Waals surface area (Å²) in [6.07, 6.45) is 0. The van der Waals surface area contributed by atoms with Crippen molar-refractivity contribution in [2.75, 3.05) is 19.5 Å². The fraction of sp³-hybridized carbons (Fsp3) is 0.176. The highest BCUT2D eigenvalue weighted by atomic mass is 19.1. The number of carbonyl (C=O) groups excluding carboxylic acids is 1. The predicted molar refractivity (Wildman–Crippen MR) is 85.6 cm³/mol. The van der Waals surface area contributed by atoms with Gasteiger partial charge in [-0.1, -0.05) is 12.1 Å². The molecule has 23 heavy (non-hydrogen) atoms. The van der Waals surface area contributed by atoms with Crippen LogP contribution in [0.15, 0.2) is 42.5 Å². The van der Waals surface area contributed by atoms with Crippen molar-refractivity contribution in [3.8, 4) is 5.75 Å². The molecule has 2 rings (SSSR count). The maximum Gasteiger partial charge on any atom is 0.356 e. The monoisotopic (exact) mass is 316 g/mol. The van der Waals surface area contributed by atoms with Gasteiger partial charge >= 0.3 is 5.97 Å². The number of nitrogens with one attached hydrogen (secondary N) is 2. The number of carbonyl (C=O) groups is 1. The molecule has 2 aromatic rings. The molecule has 0 aliphatic rings. The second-order valence-electron chi connectivity index (χ2n) is 4.76. The van der Waals surface area contributed by atoms with Crippen LogP contribution in [-0.2, 0) is 16.1 Å². The first kappa shape index (κ1) is 16.5. The second kappa shape index (κ2) is 7.40. The largest absolute Gasteiger partial charge is 0.497 e. The SMILES string of the molecule is COC(=O)C(=N)c1ccc(OC)cc1NCc1ccc(F)cc1. The fourth-order valence-corrected chi connectivity index (χ4v) is 2.03. The van der Waals surface area contributed by atoms with Gasteiger partial charge in [-0.15, -0.1) is 0 Å². The fourth-order valence-electron chi connectivity index (χ4n) is 2.03. The van der Waals surface area contributed by atoms with Gasteiger partial charge in [-0.2, -0.15) is 0 Å². The number of halogens is 1. The average molecular weight is 316 g/mol. The Hall–Kier alpha value is -2.89. The van der Waals surface area contributed by atoms with E-state index in [1.807, 2.05) is 0 Å². The third-order valence-corrected chi connectivity index (χ3v) is 3.28. The van der Waals surface area contributed by atoms with Crippen molar-refractivity contribution < 1.29 is 18.7 Å². The van der Waals surface area contributed by atoms with Gasteiger partial charge in [-0.3, -0.25) is 5.41 Å². The van der Waals surface area contributed by atoms with Crippen LogP contribution in [0.3, 0.4) is 0 Å². The van der Waals surface area contributed by atoms with Crippen molar-refractivity contribution in [2.45, 2.75) is 6.54 Å². The normalized spacial score (nSPS) is 10.0. The summed E-state index contributed by atoms with van der Waals surface area (Å²) in [5, 5.41) is 11.0. The third-order valence-electron chi connectivity index (χ3n) is 3.28. The summed E-state index contributed by atoms with van der Waals surface area (Å²) in [6.45, 7) is 0.412. The van der Waals surface area contributed by atoms with Crippen LogP contribution in [0, 0.1) is 11.2 Å². The lowest BCUT2D eigenvalue weighted by Gasteiger charge is -2.14. The number of anilines is 1. The smallest absolute Gasteiger partial charge is 0.356 e. The molecule has 120 valence electrons. The molecule has 0 aliphatic heterocycles. The van der Waals surface area contributed by atoms with Gasteiger partial charge in [-0.05, 0) is 29.8 Å². The van der Waals surface area contributed by atoms with Gasteiger partial charge in [0.05, 0.1) is 14.2 Å². The summed E-state index contributed by atoms with van der Waals surface area (Å²) >= 11 is 0. The van der Waals surface area contributed by atoms with E-state index in [4.69, 9.17) is 10.1 Å². The first-order chi connectivity index (χ1) is 11.0. The van der Waals surface area contributed by atoms with Crippen LogP contribution in [0.1, 0.15) is 11.1 Å². The van der Waals surface area contributed by atoms with E-state index >= 15 is 0 Å². The average Bonchev–Trinajstić information content (AvgIpc) is 2.59. The Kier molecular flexibility index (Phi) is 5.30. The van der Waals surface area contributed by atoms with Gasteiger partial charge in [0.25, 0.3) is 0 Å². The van der Waals surface area contributed by atoms with Crippen molar-refractivity contribution >= 4 is 17.4 Å². The zero-order chi connectivity index (χ0) is 16.8. The van der Waals surface area contributed by atoms with E-state index in [-0.39, 0.29) is 11.5 Å². The molecule has 0 aromatic heterocycles. The van der Waals surface area contributed by atoms with Crippen LogP contribution < -0.4 is 10.1 Å². The summed E-state index contributed by atoms with van der Waals surface area (Å²) < 4.78 is 22.7. The Bertz CT molecular complexity index is 714. The second-order valence-corrected chi connectivity index (χ2v) is 4.76. The maximum absolute atomic E-state index is 12.9. The minimum absolute atomic E-state index is 0.253.